The lowest BCUT2D eigenvalue weighted by atomic mass is 10.2. The Bertz CT molecular complexity index is 1030. The van der Waals surface area contributed by atoms with Crippen molar-refractivity contribution in [2.75, 3.05) is 38.5 Å². The van der Waals surface area contributed by atoms with Gasteiger partial charge in [-0.1, -0.05) is 23.9 Å². The van der Waals surface area contributed by atoms with Crippen molar-refractivity contribution < 1.29 is 23.4 Å². The Balaban J connectivity index is 1.73. The lowest BCUT2D eigenvalue weighted by Gasteiger charge is -2.21. The highest BCUT2D eigenvalue weighted by Crippen LogP contribution is 2.41. The van der Waals surface area contributed by atoms with Crippen LogP contribution in [0.4, 0.5) is 5.69 Å². The third-order valence-corrected chi connectivity index (χ3v) is 5.37. The second-order valence-corrected chi connectivity index (χ2v) is 7.48. The van der Waals surface area contributed by atoms with Gasteiger partial charge in [0.25, 0.3) is 5.22 Å². The van der Waals surface area contributed by atoms with Crippen LogP contribution in [0.3, 0.4) is 0 Å². The average Bonchev–Trinajstić information content (AvgIpc) is 3.26. The molecule has 0 fully saturated rings. The zero-order valence-corrected chi connectivity index (χ0v) is 19.0. The minimum absolute atomic E-state index is 0.0364. The van der Waals surface area contributed by atoms with Gasteiger partial charge >= 0.3 is 0 Å². The number of carbonyl (C=O) groups is 1. The first-order chi connectivity index (χ1) is 15.0. The maximum absolute atomic E-state index is 12.7. The zero-order valence-electron chi connectivity index (χ0n) is 18.2. The molecule has 2 aromatic carbocycles. The van der Waals surface area contributed by atoms with Crippen LogP contribution in [0, 0.1) is 6.92 Å². The molecule has 3 aromatic rings. The molecule has 0 aliphatic rings. The Morgan fingerprint density at radius 1 is 1.06 bits per heavy atom. The Hall–Kier alpha value is -3.20. The molecule has 0 spiro atoms. The molecule has 164 valence electrons. The smallest absolute Gasteiger partial charge is 0.277 e. The van der Waals surface area contributed by atoms with Gasteiger partial charge < -0.3 is 23.5 Å². The van der Waals surface area contributed by atoms with Gasteiger partial charge in [0.15, 0.2) is 11.5 Å². The van der Waals surface area contributed by atoms with Gasteiger partial charge in [0.05, 0.1) is 27.1 Å². The summed E-state index contributed by atoms with van der Waals surface area (Å²) in [6.45, 7) is 4.52. The van der Waals surface area contributed by atoms with Gasteiger partial charge in [-0.25, -0.2) is 0 Å². The Kier molecular flexibility index (Phi) is 7.41. The van der Waals surface area contributed by atoms with E-state index in [-0.39, 0.29) is 11.7 Å². The number of nitrogens with zero attached hydrogens (tertiary/aromatic N) is 3. The SMILES string of the molecule is CCN(C(=O)CSc1nnc(-c2cc(OC)c(OC)c(OC)c2)o1)c1cccc(C)c1. The predicted octanol–water partition coefficient (Wildman–Crippen LogP) is 4.22. The largest absolute Gasteiger partial charge is 0.493 e. The van der Waals surface area contributed by atoms with Crippen molar-refractivity contribution in [2.45, 2.75) is 19.1 Å². The fourth-order valence-electron chi connectivity index (χ4n) is 3.09. The summed E-state index contributed by atoms with van der Waals surface area (Å²) in [4.78, 5) is 14.5. The van der Waals surface area contributed by atoms with E-state index < -0.39 is 0 Å². The van der Waals surface area contributed by atoms with Crippen LogP contribution in [0.1, 0.15) is 12.5 Å². The highest BCUT2D eigenvalue weighted by atomic mass is 32.2. The van der Waals surface area contributed by atoms with Crippen molar-refractivity contribution in [3.8, 4) is 28.7 Å². The molecular formula is C22H25N3O5S. The third-order valence-electron chi connectivity index (χ3n) is 4.57. The highest BCUT2D eigenvalue weighted by molar-refractivity contribution is 7.99. The number of rotatable bonds is 9. The number of ether oxygens (including phenoxy) is 3. The fourth-order valence-corrected chi connectivity index (χ4v) is 3.73. The van der Waals surface area contributed by atoms with E-state index in [0.29, 0.717) is 40.5 Å². The van der Waals surface area contributed by atoms with Gasteiger partial charge in [0.1, 0.15) is 0 Å². The summed E-state index contributed by atoms with van der Waals surface area (Å²) in [7, 11) is 4.61. The Morgan fingerprint density at radius 3 is 2.35 bits per heavy atom. The van der Waals surface area contributed by atoms with Crippen molar-refractivity contribution >= 4 is 23.4 Å². The number of methoxy groups -OCH3 is 3. The first kappa shape index (κ1) is 22.5. The van der Waals surface area contributed by atoms with E-state index in [9.17, 15) is 4.79 Å². The van der Waals surface area contributed by atoms with E-state index >= 15 is 0 Å². The maximum Gasteiger partial charge on any atom is 0.277 e. The molecule has 31 heavy (non-hydrogen) atoms. The van der Waals surface area contributed by atoms with E-state index in [0.717, 1.165) is 11.3 Å². The molecule has 9 heteroatoms. The zero-order chi connectivity index (χ0) is 22.4. The molecule has 0 saturated carbocycles. The molecule has 8 nitrogen and oxygen atoms in total. The molecule has 0 aliphatic heterocycles. The average molecular weight is 444 g/mol. The summed E-state index contributed by atoms with van der Waals surface area (Å²) < 4.78 is 21.8. The van der Waals surface area contributed by atoms with Gasteiger partial charge in [-0.15, -0.1) is 10.2 Å². The Labute approximate surface area is 185 Å². The number of aryl methyl sites for hydroxylation is 1. The van der Waals surface area contributed by atoms with Crippen molar-refractivity contribution in [2.24, 2.45) is 0 Å². The number of anilines is 1. The number of thioether (sulfide) groups is 1. The molecule has 1 aromatic heterocycles. The molecule has 0 atom stereocenters. The molecule has 0 unspecified atom stereocenters. The van der Waals surface area contributed by atoms with Crippen LogP contribution in [0.5, 0.6) is 17.2 Å². The van der Waals surface area contributed by atoms with Crippen LogP contribution in [0.15, 0.2) is 46.0 Å². The van der Waals surface area contributed by atoms with Gasteiger partial charge in [-0.05, 0) is 43.7 Å². The normalized spacial score (nSPS) is 10.6. The number of benzene rings is 2. The predicted molar refractivity (Wildman–Crippen MR) is 119 cm³/mol. The summed E-state index contributed by atoms with van der Waals surface area (Å²) >= 11 is 1.20. The molecule has 3 rings (SSSR count). The minimum Gasteiger partial charge on any atom is -0.493 e. The number of hydrogen-bond acceptors (Lipinski definition) is 8. The molecule has 0 bridgehead atoms. The molecule has 0 aliphatic carbocycles. The first-order valence-electron chi connectivity index (χ1n) is 9.64. The van der Waals surface area contributed by atoms with Gasteiger partial charge in [0.2, 0.25) is 17.5 Å². The Morgan fingerprint density at radius 2 is 1.77 bits per heavy atom. The van der Waals surface area contributed by atoms with Crippen LogP contribution >= 0.6 is 11.8 Å². The lowest BCUT2D eigenvalue weighted by molar-refractivity contribution is -0.116. The molecule has 1 heterocycles. The maximum atomic E-state index is 12.7. The van der Waals surface area contributed by atoms with Crippen LogP contribution in [-0.4, -0.2) is 49.7 Å². The second kappa shape index (κ2) is 10.2. The third kappa shape index (κ3) is 5.11. The highest BCUT2D eigenvalue weighted by Gasteiger charge is 2.19. The van der Waals surface area contributed by atoms with E-state index in [1.165, 1.54) is 33.1 Å². The van der Waals surface area contributed by atoms with Crippen molar-refractivity contribution in [1.29, 1.82) is 0 Å². The van der Waals surface area contributed by atoms with E-state index in [1.54, 1.807) is 17.0 Å². The molecule has 0 N–H and O–H groups in total. The number of amides is 1. The second-order valence-electron chi connectivity index (χ2n) is 6.55. The van der Waals surface area contributed by atoms with Gasteiger partial charge in [-0.2, -0.15) is 0 Å². The summed E-state index contributed by atoms with van der Waals surface area (Å²) in [6, 6.07) is 11.3. The standard InChI is InChI=1S/C22H25N3O5S/c1-6-25(16-9-7-8-14(2)10-16)19(26)13-31-22-24-23-21(30-22)15-11-17(27-3)20(29-5)18(12-15)28-4/h7-12H,6,13H2,1-5H3. The summed E-state index contributed by atoms with van der Waals surface area (Å²) in [5.74, 6) is 1.88. The number of aromatic nitrogens is 2. The van der Waals surface area contributed by atoms with E-state index in [4.69, 9.17) is 18.6 Å². The number of carbonyl (C=O) groups excluding carboxylic acids is 1. The van der Waals surface area contributed by atoms with Gasteiger partial charge in [-0.3, -0.25) is 4.79 Å². The topological polar surface area (TPSA) is 86.9 Å². The van der Waals surface area contributed by atoms with Crippen molar-refractivity contribution in [1.82, 2.24) is 10.2 Å². The van der Waals surface area contributed by atoms with Crippen LogP contribution in [-0.2, 0) is 4.79 Å². The monoisotopic (exact) mass is 443 g/mol. The quantitative estimate of drug-likeness (QED) is 0.455. The van der Waals surface area contributed by atoms with E-state index in [1.807, 2.05) is 38.1 Å². The first-order valence-corrected chi connectivity index (χ1v) is 10.6. The van der Waals surface area contributed by atoms with Crippen molar-refractivity contribution in [3.63, 3.8) is 0 Å². The summed E-state index contributed by atoms with van der Waals surface area (Å²) in [5, 5.41) is 8.45. The fraction of sp³-hybridized carbons (Fsp3) is 0.318. The van der Waals surface area contributed by atoms with Crippen LogP contribution in [0.25, 0.3) is 11.5 Å². The van der Waals surface area contributed by atoms with Crippen LogP contribution in [0.2, 0.25) is 0 Å². The van der Waals surface area contributed by atoms with Crippen LogP contribution < -0.4 is 19.1 Å². The van der Waals surface area contributed by atoms with Crippen molar-refractivity contribution in [3.05, 3.63) is 42.0 Å². The number of hydrogen-bond donors (Lipinski definition) is 0. The van der Waals surface area contributed by atoms with E-state index in [2.05, 4.69) is 10.2 Å². The molecule has 0 radical (unpaired) electrons. The molecule has 1 amide bonds. The lowest BCUT2D eigenvalue weighted by Crippen LogP contribution is -2.32. The molecule has 0 saturated heterocycles. The summed E-state index contributed by atoms with van der Waals surface area (Å²) in [5.41, 5.74) is 2.59. The minimum atomic E-state index is -0.0364. The molecular weight excluding hydrogens is 418 g/mol. The van der Waals surface area contributed by atoms with Gasteiger partial charge in [0, 0.05) is 17.8 Å². The summed E-state index contributed by atoms with van der Waals surface area (Å²) in [6.07, 6.45) is 0.